The van der Waals surface area contributed by atoms with Crippen LogP contribution in [-0.2, 0) is 17.9 Å². The molecule has 2 N–H and O–H groups in total. The van der Waals surface area contributed by atoms with Gasteiger partial charge in [-0.15, -0.1) is 11.3 Å². The van der Waals surface area contributed by atoms with Gasteiger partial charge in [-0.3, -0.25) is 0 Å². The Morgan fingerprint density at radius 2 is 2.17 bits per heavy atom. The van der Waals surface area contributed by atoms with Gasteiger partial charge in [0.1, 0.15) is 10.8 Å². The van der Waals surface area contributed by atoms with Crippen LogP contribution in [-0.4, -0.2) is 19.2 Å². The van der Waals surface area contributed by atoms with Crippen LogP contribution in [0.15, 0.2) is 24.3 Å². The van der Waals surface area contributed by atoms with E-state index in [9.17, 15) is 0 Å². The van der Waals surface area contributed by atoms with Crippen LogP contribution in [0.25, 0.3) is 10.6 Å². The Bertz CT molecular complexity index is 525. The van der Waals surface area contributed by atoms with E-state index in [4.69, 9.17) is 15.2 Å². The van der Waals surface area contributed by atoms with Gasteiger partial charge >= 0.3 is 0 Å². The molecule has 0 aliphatic heterocycles. The molecule has 1 aromatic carbocycles. The van der Waals surface area contributed by atoms with Gasteiger partial charge in [-0.05, 0) is 12.1 Å². The smallest absolute Gasteiger partial charge is 0.124 e. The summed E-state index contributed by atoms with van der Waals surface area (Å²) in [7, 11) is 3.31. The predicted octanol–water partition coefficient (Wildman–Crippen LogP) is 2.42. The largest absolute Gasteiger partial charge is 0.497 e. The minimum atomic E-state index is 0.486. The molecular formula is C13H16N2O2S. The highest BCUT2D eigenvalue weighted by Crippen LogP contribution is 2.30. The van der Waals surface area contributed by atoms with Crippen molar-refractivity contribution in [2.45, 2.75) is 13.2 Å². The third-order valence-corrected chi connectivity index (χ3v) is 3.73. The number of hydrogen-bond acceptors (Lipinski definition) is 5. The second-order valence-corrected chi connectivity index (χ2v) is 4.84. The number of benzene rings is 1. The molecule has 1 heterocycles. The van der Waals surface area contributed by atoms with E-state index in [2.05, 4.69) is 4.98 Å². The summed E-state index contributed by atoms with van der Waals surface area (Å²) >= 11 is 1.60. The number of nitrogens with zero attached hydrogens (tertiary/aromatic N) is 1. The molecule has 2 aromatic rings. The van der Waals surface area contributed by atoms with Crippen molar-refractivity contribution in [1.29, 1.82) is 0 Å². The first-order chi connectivity index (χ1) is 8.78. The van der Waals surface area contributed by atoms with Crippen molar-refractivity contribution in [1.82, 2.24) is 4.98 Å². The Hall–Kier alpha value is -1.43. The SMILES string of the molecule is COCc1nc(-c2cccc(OC)c2)sc1CN. The number of methoxy groups -OCH3 is 2. The van der Waals surface area contributed by atoms with Crippen molar-refractivity contribution in [3.05, 3.63) is 34.8 Å². The van der Waals surface area contributed by atoms with E-state index in [0.717, 1.165) is 26.9 Å². The third-order valence-electron chi connectivity index (χ3n) is 2.56. The van der Waals surface area contributed by atoms with Crippen molar-refractivity contribution >= 4 is 11.3 Å². The molecule has 0 spiro atoms. The molecule has 0 bridgehead atoms. The number of rotatable bonds is 5. The van der Waals surface area contributed by atoms with Crippen molar-refractivity contribution in [3.8, 4) is 16.3 Å². The van der Waals surface area contributed by atoms with E-state index < -0.39 is 0 Å². The summed E-state index contributed by atoms with van der Waals surface area (Å²) in [6.07, 6.45) is 0. The summed E-state index contributed by atoms with van der Waals surface area (Å²) in [5.41, 5.74) is 7.68. The van der Waals surface area contributed by atoms with E-state index in [1.165, 1.54) is 0 Å². The zero-order chi connectivity index (χ0) is 13.0. The molecule has 0 amide bonds. The fourth-order valence-electron chi connectivity index (χ4n) is 1.67. The quantitative estimate of drug-likeness (QED) is 0.901. The second-order valence-electron chi connectivity index (χ2n) is 3.76. The first-order valence-electron chi connectivity index (χ1n) is 5.60. The Balaban J connectivity index is 2.37. The average molecular weight is 264 g/mol. The van der Waals surface area contributed by atoms with E-state index >= 15 is 0 Å². The highest BCUT2D eigenvalue weighted by atomic mass is 32.1. The number of nitrogens with two attached hydrogens (primary N) is 1. The monoisotopic (exact) mass is 264 g/mol. The summed E-state index contributed by atoms with van der Waals surface area (Å²) < 4.78 is 10.3. The van der Waals surface area contributed by atoms with E-state index in [0.29, 0.717) is 13.2 Å². The van der Waals surface area contributed by atoms with Crippen molar-refractivity contribution in [3.63, 3.8) is 0 Å². The standard InChI is InChI=1S/C13H16N2O2S/c1-16-8-11-12(7-14)18-13(15-11)9-4-3-5-10(6-9)17-2/h3-6H,7-8,14H2,1-2H3. The van der Waals surface area contributed by atoms with E-state index in [1.807, 2.05) is 24.3 Å². The summed E-state index contributed by atoms with van der Waals surface area (Å²) in [4.78, 5) is 5.64. The Labute approximate surface area is 110 Å². The van der Waals surface area contributed by atoms with Gasteiger partial charge in [-0.1, -0.05) is 12.1 Å². The van der Waals surface area contributed by atoms with Gasteiger partial charge in [0.2, 0.25) is 0 Å². The highest BCUT2D eigenvalue weighted by molar-refractivity contribution is 7.15. The molecule has 0 radical (unpaired) electrons. The normalized spacial score (nSPS) is 10.6. The molecule has 0 atom stereocenters. The van der Waals surface area contributed by atoms with Crippen molar-refractivity contribution < 1.29 is 9.47 Å². The number of thiazole rings is 1. The molecule has 18 heavy (non-hydrogen) atoms. The number of hydrogen-bond donors (Lipinski definition) is 1. The molecule has 0 aliphatic rings. The van der Waals surface area contributed by atoms with Gasteiger partial charge in [0.25, 0.3) is 0 Å². The van der Waals surface area contributed by atoms with Gasteiger partial charge in [0.15, 0.2) is 0 Å². The van der Waals surface area contributed by atoms with Crippen LogP contribution in [0.3, 0.4) is 0 Å². The molecule has 0 saturated carbocycles. The minimum absolute atomic E-state index is 0.486. The highest BCUT2D eigenvalue weighted by Gasteiger charge is 2.11. The van der Waals surface area contributed by atoms with E-state index in [-0.39, 0.29) is 0 Å². The maximum absolute atomic E-state index is 5.72. The summed E-state index contributed by atoms with van der Waals surface area (Å²) in [6.45, 7) is 0.979. The fraction of sp³-hybridized carbons (Fsp3) is 0.308. The summed E-state index contributed by atoms with van der Waals surface area (Å²) in [6, 6.07) is 7.85. The van der Waals surface area contributed by atoms with Gasteiger partial charge in [0, 0.05) is 24.1 Å². The van der Waals surface area contributed by atoms with Crippen LogP contribution in [0.2, 0.25) is 0 Å². The second kappa shape index (κ2) is 5.95. The van der Waals surface area contributed by atoms with Crippen LogP contribution < -0.4 is 10.5 Å². The molecule has 0 fully saturated rings. The lowest BCUT2D eigenvalue weighted by Crippen LogP contribution is -1.99. The molecule has 0 saturated heterocycles. The van der Waals surface area contributed by atoms with Crippen LogP contribution in [0.1, 0.15) is 10.6 Å². The lowest BCUT2D eigenvalue weighted by atomic mass is 10.2. The summed E-state index contributed by atoms with van der Waals surface area (Å²) in [5.74, 6) is 0.824. The predicted molar refractivity (Wildman–Crippen MR) is 72.7 cm³/mol. The number of ether oxygens (including phenoxy) is 2. The molecule has 0 aliphatic carbocycles. The average Bonchev–Trinajstić information content (AvgIpc) is 2.82. The van der Waals surface area contributed by atoms with Gasteiger partial charge in [0.05, 0.1) is 19.4 Å². The fourth-order valence-corrected chi connectivity index (χ4v) is 2.61. The first kappa shape index (κ1) is 13.0. The molecule has 2 rings (SSSR count). The van der Waals surface area contributed by atoms with Gasteiger partial charge in [-0.2, -0.15) is 0 Å². The maximum Gasteiger partial charge on any atom is 0.124 e. The van der Waals surface area contributed by atoms with Crippen molar-refractivity contribution in [2.24, 2.45) is 5.73 Å². The van der Waals surface area contributed by atoms with Gasteiger partial charge in [-0.25, -0.2) is 4.98 Å². The third kappa shape index (κ3) is 2.69. The van der Waals surface area contributed by atoms with Gasteiger partial charge < -0.3 is 15.2 Å². The zero-order valence-electron chi connectivity index (χ0n) is 10.5. The zero-order valence-corrected chi connectivity index (χ0v) is 11.3. The molecule has 5 heteroatoms. The van der Waals surface area contributed by atoms with Crippen molar-refractivity contribution in [2.75, 3.05) is 14.2 Å². The molecule has 0 unspecified atom stereocenters. The molecule has 96 valence electrons. The molecule has 1 aromatic heterocycles. The van der Waals surface area contributed by atoms with E-state index in [1.54, 1.807) is 25.6 Å². The topological polar surface area (TPSA) is 57.4 Å². The van der Waals surface area contributed by atoms with Crippen LogP contribution in [0.4, 0.5) is 0 Å². The molecular weight excluding hydrogens is 248 g/mol. The summed E-state index contributed by atoms with van der Waals surface area (Å²) in [5, 5.41) is 0.946. The van der Waals surface area contributed by atoms with Crippen LogP contribution in [0, 0.1) is 0 Å². The Kier molecular flexibility index (Phi) is 4.30. The maximum atomic E-state index is 5.72. The lowest BCUT2D eigenvalue weighted by Gasteiger charge is -2.01. The lowest BCUT2D eigenvalue weighted by molar-refractivity contribution is 0.181. The Morgan fingerprint density at radius 1 is 1.33 bits per heavy atom. The first-order valence-corrected chi connectivity index (χ1v) is 6.42. The number of aromatic nitrogens is 1. The van der Waals surface area contributed by atoms with Crippen LogP contribution in [0.5, 0.6) is 5.75 Å². The minimum Gasteiger partial charge on any atom is -0.497 e. The Morgan fingerprint density at radius 3 is 2.83 bits per heavy atom. The molecule has 4 nitrogen and oxygen atoms in total. The van der Waals surface area contributed by atoms with Crippen LogP contribution >= 0.6 is 11.3 Å².